The maximum atomic E-state index is 13.7. The van der Waals surface area contributed by atoms with Gasteiger partial charge in [-0.1, -0.05) is 0 Å². The summed E-state index contributed by atoms with van der Waals surface area (Å²) in [5.41, 5.74) is 9.02. The number of hydrogen-bond acceptors (Lipinski definition) is 5. The van der Waals surface area contributed by atoms with Gasteiger partial charge in [0.15, 0.2) is 6.10 Å². The van der Waals surface area contributed by atoms with Crippen molar-refractivity contribution < 1.29 is 24.2 Å². The number of carboxylic acids is 1. The fourth-order valence-corrected chi connectivity index (χ4v) is 6.03. The number of carbonyl (C=O) groups is 2. The van der Waals surface area contributed by atoms with Crippen LogP contribution < -0.4 is 9.64 Å². The molecule has 7 heteroatoms. The molecule has 0 saturated heterocycles. The molecule has 1 aromatic heterocycles. The number of aromatic nitrogens is 1. The Labute approximate surface area is 236 Å². The number of aryl methyl sites for hydroxylation is 3. The average Bonchev–Trinajstić information content (AvgIpc) is 3.31. The van der Waals surface area contributed by atoms with Gasteiger partial charge in [0, 0.05) is 29.7 Å². The average molecular weight is 543 g/mol. The molecule has 1 atom stereocenters. The minimum Gasteiger partial charge on any atom is -0.493 e. The zero-order chi connectivity index (χ0) is 28.9. The summed E-state index contributed by atoms with van der Waals surface area (Å²) in [6, 6.07) is 7.71. The quantitative estimate of drug-likeness (QED) is 0.399. The van der Waals surface area contributed by atoms with Crippen LogP contribution in [0.1, 0.15) is 82.7 Å². The SMILES string of the molecule is Cc1ccc(C(=O)N2CCc3c2cc(C)c(C(OC(C)(C)C)C(=O)O)c3-c2cc(C)c3c(c2C)CCCO3)cn1. The molecule has 3 aromatic rings. The molecule has 0 radical (unpaired) electrons. The van der Waals surface area contributed by atoms with Crippen molar-refractivity contribution in [2.45, 2.75) is 79.4 Å². The van der Waals surface area contributed by atoms with Crippen molar-refractivity contribution in [1.82, 2.24) is 4.98 Å². The van der Waals surface area contributed by atoms with Crippen LogP contribution in [-0.2, 0) is 22.4 Å². The summed E-state index contributed by atoms with van der Waals surface area (Å²) < 4.78 is 12.3. The Bertz CT molecular complexity index is 1500. The number of benzene rings is 2. The maximum absolute atomic E-state index is 13.7. The van der Waals surface area contributed by atoms with Crippen LogP contribution in [0.15, 0.2) is 30.5 Å². The first kappa shape index (κ1) is 27.8. The van der Waals surface area contributed by atoms with Crippen molar-refractivity contribution in [1.29, 1.82) is 0 Å². The molecule has 0 saturated carbocycles. The van der Waals surface area contributed by atoms with E-state index < -0.39 is 17.7 Å². The second-order valence-electron chi connectivity index (χ2n) is 11.9. The van der Waals surface area contributed by atoms with E-state index in [4.69, 9.17) is 9.47 Å². The van der Waals surface area contributed by atoms with Gasteiger partial charge in [-0.2, -0.15) is 0 Å². The highest BCUT2D eigenvalue weighted by atomic mass is 16.5. The smallest absolute Gasteiger partial charge is 0.337 e. The number of nitrogens with zero attached hydrogens (tertiary/aromatic N) is 2. The standard InChI is InChI=1S/C33H38N2O5/c1-18-16-26-24(12-13-35(26)31(36)22-11-10-20(3)34-17-22)28(27(18)30(32(37)38)40-33(5,6)7)25-15-19(2)29-23(21(25)4)9-8-14-39-29/h10-11,15-17,30H,8-9,12-14H2,1-7H3,(H,37,38). The van der Waals surface area contributed by atoms with E-state index in [9.17, 15) is 14.7 Å². The number of hydrogen-bond donors (Lipinski definition) is 1. The normalized spacial score (nSPS) is 15.3. The van der Waals surface area contributed by atoms with Gasteiger partial charge in [-0.15, -0.1) is 0 Å². The zero-order valence-electron chi connectivity index (χ0n) is 24.5. The first-order chi connectivity index (χ1) is 18.9. The van der Waals surface area contributed by atoms with E-state index in [1.807, 2.05) is 53.7 Å². The number of ether oxygens (including phenoxy) is 2. The van der Waals surface area contributed by atoms with Crippen molar-refractivity contribution in [3.05, 3.63) is 75.1 Å². The Balaban J connectivity index is 1.77. The minimum absolute atomic E-state index is 0.114. The van der Waals surface area contributed by atoms with E-state index >= 15 is 0 Å². The summed E-state index contributed by atoms with van der Waals surface area (Å²) in [6.45, 7) is 14.8. The monoisotopic (exact) mass is 542 g/mol. The van der Waals surface area contributed by atoms with Gasteiger partial charge in [0.05, 0.1) is 17.8 Å². The Morgan fingerprint density at radius 1 is 1.05 bits per heavy atom. The van der Waals surface area contributed by atoms with Gasteiger partial charge in [-0.25, -0.2) is 4.79 Å². The highest BCUT2D eigenvalue weighted by molar-refractivity contribution is 6.08. The molecule has 7 nitrogen and oxygen atoms in total. The van der Waals surface area contributed by atoms with Gasteiger partial charge < -0.3 is 19.5 Å². The van der Waals surface area contributed by atoms with Crippen LogP contribution in [0.4, 0.5) is 5.69 Å². The summed E-state index contributed by atoms with van der Waals surface area (Å²) in [5, 5.41) is 10.4. The predicted molar refractivity (Wildman–Crippen MR) is 155 cm³/mol. The fourth-order valence-electron chi connectivity index (χ4n) is 6.03. The van der Waals surface area contributed by atoms with Gasteiger partial charge in [-0.05, 0) is 131 Å². The van der Waals surface area contributed by atoms with E-state index in [1.54, 1.807) is 17.2 Å². The number of rotatable bonds is 5. The van der Waals surface area contributed by atoms with Gasteiger partial charge in [0.1, 0.15) is 5.75 Å². The lowest BCUT2D eigenvalue weighted by molar-refractivity contribution is -0.160. The predicted octanol–water partition coefficient (Wildman–Crippen LogP) is 6.45. The molecule has 1 unspecified atom stereocenters. The topological polar surface area (TPSA) is 89.0 Å². The van der Waals surface area contributed by atoms with Crippen LogP contribution in [-0.4, -0.2) is 40.7 Å². The molecular weight excluding hydrogens is 504 g/mol. The van der Waals surface area contributed by atoms with Crippen molar-refractivity contribution in [3.63, 3.8) is 0 Å². The van der Waals surface area contributed by atoms with Crippen LogP contribution in [0.25, 0.3) is 11.1 Å². The minimum atomic E-state index is -1.17. The van der Waals surface area contributed by atoms with E-state index in [1.165, 1.54) is 5.56 Å². The third-order valence-corrected chi connectivity index (χ3v) is 7.83. The summed E-state index contributed by atoms with van der Waals surface area (Å²) >= 11 is 0. The molecule has 0 fully saturated rings. The lowest BCUT2D eigenvalue weighted by Crippen LogP contribution is -2.30. The Kier molecular flexibility index (Phi) is 7.21. The largest absolute Gasteiger partial charge is 0.493 e. The molecule has 0 bridgehead atoms. The number of carboxylic acid groups (broad SMARTS) is 1. The second-order valence-corrected chi connectivity index (χ2v) is 11.9. The summed E-state index contributed by atoms with van der Waals surface area (Å²) in [4.78, 5) is 32.5. The summed E-state index contributed by atoms with van der Waals surface area (Å²) in [5.74, 6) is -0.217. The summed E-state index contributed by atoms with van der Waals surface area (Å²) in [7, 11) is 0. The molecule has 210 valence electrons. The first-order valence-electron chi connectivity index (χ1n) is 13.9. The van der Waals surface area contributed by atoms with Crippen LogP contribution in [0.2, 0.25) is 0 Å². The number of fused-ring (bicyclic) bond motifs is 2. The van der Waals surface area contributed by atoms with Gasteiger partial charge in [0.25, 0.3) is 5.91 Å². The number of aliphatic carboxylic acids is 1. The van der Waals surface area contributed by atoms with Crippen LogP contribution in [0.3, 0.4) is 0 Å². The molecule has 2 aliphatic rings. The maximum Gasteiger partial charge on any atom is 0.337 e. The van der Waals surface area contributed by atoms with Gasteiger partial charge >= 0.3 is 5.97 Å². The lowest BCUT2D eigenvalue weighted by Gasteiger charge is -2.31. The number of amides is 1. The molecule has 1 N–H and O–H groups in total. The van der Waals surface area contributed by atoms with Gasteiger partial charge in [-0.3, -0.25) is 9.78 Å². The molecule has 3 heterocycles. The Morgan fingerprint density at radius 3 is 2.45 bits per heavy atom. The highest BCUT2D eigenvalue weighted by Crippen LogP contribution is 2.48. The van der Waals surface area contributed by atoms with Crippen molar-refractivity contribution in [2.24, 2.45) is 0 Å². The molecular formula is C33H38N2O5. The van der Waals surface area contributed by atoms with Crippen LogP contribution in [0.5, 0.6) is 5.75 Å². The number of anilines is 1. The van der Waals surface area contributed by atoms with E-state index in [0.717, 1.165) is 63.4 Å². The second kappa shape index (κ2) is 10.4. The molecule has 1 amide bonds. The third kappa shape index (κ3) is 4.99. The van der Waals surface area contributed by atoms with Crippen LogP contribution in [0, 0.1) is 27.7 Å². The van der Waals surface area contributed by atoms with E-state index in [-0.39, 0.29) is 5.91 Å². The van der Waals surface area contributed by atoms with Crippen molar-refractivity contribution >= 4 is 17.6 Å². The number of carbonyl (C=O) groups excluding carboxylic acids is 1. The fraction of sp³-hybridized carbons (Fsp3) is 0.424. The van der Waals surface area contributed by atoms with Crippen molar-refractivity contribution in [2.75, 3.05) is 18.1 Å². The van der Waals surface area contributed by atoms with E-state index in [2.05, 4.69) is 18.0 Å². The van der Waals surface area contributed by atoms with Crippen molar-refractivity contribution in [3.8, 4) is 16.9 Å². The number of pyridine rings is 1. The molecule has 2 aromatic carbocycles. The molecule has 5 rings (SSSR count). The zero-order valence-corrected chi connectivity index (χ0v) is 24.5. The lowest BCUT2D eigenvalue weighted by atomic mass is 9.82. The Morgan fingerprint density at radius 2 is 1.80 bits per heavy atom. The molecule has 40 heavy (non-hydrogen) atoms. The van der Waals surface area contributed by atoms with E-state index in [0.29, 0.717) is 30.7 Å². The molecule has 0 aliphatic carbocycles. The summed E-state index contributed by atoms with van der Waals surface area (Å²) in [6.07, 6.45) is 2.90. The third-order valence-electron chi connectivity index (χ3n) is 7.83. The molecule has 2 aliphatic heterocycles. The van der Waals surface area contributed by atoms with Gasteiger partial charge in [0.2, 0.25) is 0 Å². The van der Waals surface area contributed by atoms with Crippen LogP contribution >= 0.6 is 0 Å². The highest BCUT2D eigenvalue weighted by Gasteiger charge is 2.37. The Hall–Kier alpha value is -3.71. The first-order valence-corrected chi connectivity index (χ1v) is 13.9. The molecule has 0 spiro atoms.